The van der Waals surface area contributed by atoms with E-state index in [2.05, 4.69) is 27.9 Å². The van der Waals surface area contributed by atoms with Crippen LogP contribution in [0.4, 0.5) is 4.79 Å². The number of alkyl carbamates (subject to hydrolysis) is 1. The molecule has 2 aromatic carbocycles. The van der Waals surface area contributed by atoms with Crippen LogP contribution in [0, 0.1) is 5.92 Å². The molecule has 1 aliphatic carbocycles. The molecule has 4 atom stereocenters. The molecule has 0 aliphatic heterocycles. The highest BCUT2D eigenvalue weighted by atomic mass is 16.6. The molecule has 1 fully saturated rings. The van der Waals surface area contributed by atoms with Crippen molar-refractivity contribution in [1.29, 1.82) is 0 Å². The lowest BCUT2D eigenvalue weighted by atomic mass is 9.88. The van der Waals surface area contributed by atoms with Gasteiger partial charge >= 0.3 is 12.1 Å². The molecule has 0 spiro atoms. The highest BCUT2D eigenvalue weighted by Gasteiger charge is 2.38. The summed E-state index contributed by atoms with van der Waals surface area (Å²) in [6, 6.07) is 16.1. The Kier molecular flexibility index (Phi) is 10.0. The van der Waals surface area contributed by atoms with E-state index >= 15 is 0 Å². The van der Waals surface area contributed by atoms with Crippen LogP contribution in [0.5, 0.6) is 0 Å². The van der Waals surface area contributed by atoms with Gasteiger partial charge in [-0.1, -0.05) is 61.9 Å². The Morgan fingerprint density at radius 2 is 1.76 bits per heavy atom. The number of aromatic nitrogens is 1. The number of amides is 3. The summed E-state index contributed by atoms with van der Waals surface area (Å²) in [7, 11) is 0. The number of carboxylic acids is 1. The number of carboxylic acid groups (broad SMARTS) is 1. The standard InChI is InChI=1S/C32H38N4O6/c1-21-10-6-9-15-27(21)42-31(41)36-32(2,18-23-19-33-25-14-8-7-13-24(23)25)30(40)34-20-26(22-11-4-3-5-12-22)35-28(37)16-17-29(38)39/h3-5,7-8,11-14,16-17,19,21,26-27,33H,6,9-10,15,18,20H2,1-2H3,(H,34,40)(H,35,37)(H,36,41)(H,38,39)/b17-16+/t21-,26-,27?,32+/m0/s1. The van der Waals surface area contributed by atoms with Crippen LogP contribution >= 0.6 is 0 Å². The second-order valence-corrected chi connectivity index (χ2v) is 11.1. The molecule has 222 valence electrons. The molecule has 1 unspecified atom stereocenters. The highest BCUT2D eigenvalue weighted by molar-refractivity contribution is 5.94. The number of aromatic amines is 1. The minimum absolute atomic E-state index is 0.00460. The summed E-state index contributed by atoms with van der Waals surface area (Å²) in [4.78, 5) is 53.5. The van der Waals surface area contributed by atoms with Gasteiger partial charge in [0.1, 0.15) is 11.6 Å². The number of hydrogen-bond acceptors (Lipinski definition) is 5. The molecule has 4 rings (SSSR count). The largest absolute Gasteiger partial charge is 0.478 e. The fraction of sp³-hybridized carbons (Fsp3) is 0.375. The molecule has 3 amide bonds. The molecule has 0 saturated heterocycles. The molecule has 1 aromatic heterocycles. The minimum Gasteiger partial charge on any atom is -0.478 e. The summed E-state index contributed by atoms with van der Waals surface area (Å²) in [6.07, 6.45) is 6.68. The predicted octanol–water partition coefficient (Wildman–Crippen LogP) is 4.39. The van der Waals surface area contributed by atoms with Crippen molar-refractivity contribution in [2.75, 3.05) is 6.54 Å². The van der Waals surface area contributed by atoms with Crippen molar-refractivity contribution < 1.29 is 29.0 Å². The van der Waals surface area contributed by atoms with E-state index in [0.29, 0.717) is 5.56 Å². The topological polar surface area (TPSA) is 150 Å². The molecule has 0 radical (unpaired) electrons. The zero-order valence-electron chi connectivity index (χ0n) is 23.9. The Balaban J connectivity index is 1.54. The van der Waals surface area contributed by atoms with Crippen molar-refractivity contribution >= 4 is 34.8 Å². The van der Waals surface area contributed by atoms with E-state index in [1.165, 1.54) is 0 Å². The first-order chi connectivity index (χ1) is 20.1. The van der Waals surface area contributed by atoms with Gasteiger partial charge in [-0.2, -0.15) is 0 Å². The van der Waals surface area contributed by atoms with Crippen molar-refractivity contribution in [2.45, 2.75) is 63.6 Å². The second kappa shape index (κ2) is 13.8. The van der Waals surface area contributed by atoms with Gasteiger partial charge in [0.15, 0.2) is 0 Å². The molecule has 10 nitrogen and oxygen atoms in total. The fourth-order valence-electron chi connectivity index (χ4n) is 5.38. The van der Waals surface area contributed by atoms with Crippen LogP contribution in [0.1, 0.15) is 56.7 Å². The lowest BCUT2D eigenvalue weighted by Crippen LogP contribution is -2.59. The first-order valence-electron chi connectivity index (χ1n) is 14.2. The van der Waals surface area contributed by atoms with E-state index in [-0.39, 0.29) is 25.0 Å². The van der Waals surface area contributed by atoms with Gasteiger partial charge in [-0.3, -0.25) is 9.59 Å². The highest BCUT2D eigenvalue weighted by Crippen LogP contribution is 2.27. The summed E-state index contributed by atoms with van der Waals surface area (Å²) in [5.74, 6) is -2.09. The van der Waals surface area contributed by atoms with Crippen LogP contribution in [-0.2, 0) is 25.5 Å². The first-order valence-corrected chi connectivity index (χ1v) is 14.2. The summed E-state index contributed by atoms with van der Waals surface area (Å²) in [5.41, 5.74) is 1.08. The van der Waals surface area contributed by atoms with Gasteiger partial charge in [-0.25, -0.2) is 9.59 Å². The number of rotatable bonds is 11. The molecule has 1 saturated carbocycles. The monoisotopic (exact) mass is 574 g/mol. The number of ether oxygens (including phenoxy) is 1. The van der Waals surface area contributed by atoms with Crippen molar-refractivity contribution in [2.24, 2.45) is 5.92 Å². The lowest BCUT2D eigenvalue weighted by molar-refractivity contribution is -0.131. The van der Waals surface area contributed by atoms with Crippen LogP contribution in [0.3, 0.4) is 0 Å². The molecule has 0 bridgehead atoms. The van der Waals surface area contributed by atoms with Gasteiger partial charge in [0.2, 0.25) is 11.8 Å². The van der Waals surface area contributed by atoms with Crippen molar-refractivity contribution in [3.63, 3.8) is 0 Å². The molecule has 42 heavy (non-hydrogen) atoms. The Morgan fingerprint density at radius 3 is 2.50 bits per heavy atom. The van der Waals surface area contributed by atoms with E-state index in [4.69, 9.17) is 9.84 Å². The predicted molar refractivity (Wildman–Crippen MR) is 159 cm³/mol. The van der Waals surface area contributed by atoms with E-state index in [1.807, 2.05) is 36.5 Å². The molecular formula is C32H38N4O6. The third-order valence-electron chi connectivity index (χ3n) is 7.75. The fourth-order valence-corrected chi connectivity index (χ4v) is 5.38. The molecule has 10 heteroatoms. The number of nitrogens with one attached hydrogen (secondary N) is 4. The zero-order chi connectivity index (χ0) is 30.1. The van der Waals surface area contributed by atoms with Crippen LogP contribution in [-0.4, -0.2) is 52.2 Å². The van der Waals surface area contributed by atoms with Gasteiger partial charge in [0.05, 0.1) is 6.04 Å². The molecule has 5 N–H and O–H groups in total. The third-order valence-corrected chi connectivity index (χ3v) is 7.75. The van der Waals surface area contributed by atoms with Gasteiger partial charge in [-0.05, 0) is 49.3 Å². The van der Waals surface area contributed by atoms with Crippen molar-refractivity contribution in [1.82, 2.24) is 20.9 Å². The zero-order valence-corrected chi connectivity index (χ0v) is 23.9. The third kappa shape index (κ3) is 7.99. The van der Waals surface area contributed by atoms with E-state index in [1.54, 1.807) is 31.2 Å². The van der Waals surface area contributed by atoms with E-state index < -0.39 is 35.5 Å². The smallest absolute Gasteiger partial charge is 0.408 e. The minimum atomic E-state index is -1.39. The number of carbonyl (C=O) groups is 4. The molecule has 1 heterocycles. The van der Waals surface area contributed by atoms with E-state index in [0.717, 1.165) is 54.3 Å². The summed E-state index contributed by atoms with van der Waals surface area (Å²) >= 11 is 0. The van der Waals surface area contributed by atoms with Crippen LogP contribution in [0.2, 0.25) is 0 Å². The Labute approximate surface area is 244 Å². The number of fused-ring (bicyclic) bond motifs is 1. The van der Waals surface area contributed by atoms with Crippen molar-refractivity contribution in [3.05, 3.63) is 84.1 Å². The van der Waals surface area contributed by atoms with Gasteiger partial charge in [0.25, 0.3) is 0 Å². The number of H-pyrrole nitrogens is 1. The number of aliphatic carboxylic acids is 1. The maximum absolute atomic E-state index is 13.9. The van der Waals surface area contributed by atoms with Crippen LogP contribution in [0.15, 0.2) is 72.9 Å². The first kappa shape index (κ1) is 30.4. The Bertz CT molecular complexity index is 1440. The van der Waals surface area contributed by atoms with Crippen LogP contribution in [0.25, 0.3) is 10.9 Å². The van der Waals surface area contributed by atoms with Gasteiger partial charge < -0.3 is 30.8 Å². The quantitative estimate of drug-likeness (QED) is 0.215. The molecular weight excluding hydrogens is 536 g/mol. The maximum Gasteiger partial charge on any atom is 0.408 e. The average molecular weight is 575 g/mol. The Morgan fingerprint density at radius 1 is 1.05 bits per heavy atom. The average Bonchev–Trinajstić information content (AvgIpc) is 3.37. The van der Waals surface area contributed by atoms with Gasteiger partial charge in [0, 0.05) is 42.2 Å². The normalized spacial score (nSPS) is 19.0. The lowest BCUT2D eigenvalue weighted by Gasteiger charge is -2.33. The molecule has 1 aliphatic rings. The van der Waals surface area contributed by atoms with E-state index in [9.17, 15) is 19.2 Å². The summed E-state index contributed by atoms with van der Waals surface area (Å²) in [6.45, 7) is 3.72. The number of carbonyl (C=O) groups excluding carboxylic acids is 3. The van der Waals surface area contributed by atoms with Crippen molar-refractivity contribution in [3.8, 4) is 0 Å². The second-order valence-electron chi connectivity index (χ2n) is 11.1. The maximum atomic E-state index is 13.9. The number of para-hydroxylation sites is 1. The molecule has 3 aromatic rings. The SMILES string of the molecule is C[C@H]1CCCCC1OC(=O)N[C@](C)(Cc1c[nH]c2ccccc12)C(=O)NC[C@H](NC(=O)/C=C/C(=O)O)c1ccccc1. The Hall–Kier alpha value is -4.60. The number of benzene rings is 2. The van der Waals surface area contributed by atoms with Gasteiger partial charge in [-0.15, -0.1) is 0 Å². The van der Waals surface area contributed by atoms with Crippen LogP contribution < -0.4 is 16.0 Å². The number of hydrogen-bond donors (Lipinski definition) is 5. The summed E-state index contributed by atoms with van der Waals surface area (Å²) in [5, 5.41) is 18.3. The summed E-state index contributed by atoms with van der Waals surface area (Å²) < 4.78 is 5.80.